The van der Waals surface area contributed by atoms with E-state index in [-0.39, 0.29) is 29.3 Å². The van der Waals surface area contributed by atoms with Gasteiger partial charge in [-0.05, 0) is 24.6 Å². The van der Waals surface area contributed by atoms with Crippen LogP contribution in [0.1, 0.15) is 15.9 Å². The van der Waals surface area contributed by atoms with Gasteiger partial charge in [0.05, 0.1) is 16.8 Å². The van der Waals surface area contributed by atoms with Gasteiger partial charge in [0, 0.05) is 10.6 Å². The summed E-state index contributed by atoms with van der Waals surface area (Å²) in [6.07, 6.45) is 0. The second-order valence-corrected chi connectivity index (χ2v) is 6.12. The fourth-order valence-electron chi connectivity index (χ4n) is 2.06. The molecular weight excluding hydrogens is 384 g/mol. The Morgan fingerprint density at radius 1 is 1.23 bits per heavy atom. The lowest BCUT2D eigenvalue weighted by atomic mass is 10.1. The van der Waals surface area contributed by atoms with E-state index in [4.69, 9.17) is 11.6 Å². The summed E-state index contributed by atoms with van der Waals surface area (Å²) < 4.78 is 1.06. The summed E-state index contributed by atoms with van der Waals surface area (Å²) in [5.41, 5.74) is 2.56. The van der Waals surface area contributed by atoms with Gasteiger partial charge >= 0.3 is 0 Å². The zero-order valence-electron chi connectivity index (χ0n) is 11.8. The molecule has 0 bridgehead atoms. The number of fused-ring (bicyclic) bond motifs is 1. The molecule has 1 heterocycles. The van der Waals surface area contributed by atoms with Gasteiger partial charge in [-0.25, -0.2) is 4.98 Å². The Hall–Kier alpha value is -1.43. The van der Waals surface area contributed by atoms with Crippen LogP contribution in [0.2, 0.25) is 5.02 Å². The summed E-state index contributed by atoms with van der Waals surface area (Å²) in [5, 5.41) is 4.54. The van der Waals surface area contributed by atoms with Crippen molar-refractivity contribution < 1.29 is 21.8 Å². The van der Waals surface area contributed by atoms with Gasteiger partial charge in [0.25, 0.3) is 0 Å². The molecule has 3 aromatic rings. The smallest absolute Gasteiger partial charge is 0.184 e. The summed E-state index contributed by atoms with van der Waals surface area (Å²) in [4.78, 5) is 16.6. The standard InChI is InChI=1S/C16H13ClN2OS.BrH/c1-10-12(17)7-8-14-15(10)19-16(21-14)18-9-13(20)11-5-3-2-4-6-11;/h2-8H,9H2,1H3,(H,18,19);1H/p-1. The number of nitrogens with one attached hydrogen (secondary N) is 1. The number of halogens is 2. The number of carbonyl (C=O) groups is 1. The normalized spacial score (nSPS) is 10.3. The molecule has 1 aromatic heterocycles. The summed E-state index contributed by atoms with van der Waals surface area (Å²) in [5.74, 6) is 0.0459. The van der Waals surface area contributed by atoms with Crippen LogP contribution in [0.5, 0.6) is 0 Å². The van der Waals surface area contributed by atoms with Crippen LogP contribution in [0, 0.1) is 6.92 Å². The van der Waals surface area contributed by atoms with E-state index in [1.165, 1.54) is 11.3 Å². The minimum absolute atomic E-state index is 0. The molecular formula is C16H13BrClN2OS-. The summed E-state index contributed by atoms with van der Waals surface area (Å²) in [6.45, 7) is 2.18. The number of carbonyl (C=O) groups excluding carboxylic acids is 1. The van der Waals surface area contributed by atoms with Crippen LogP contribution in [-0.2, 0) is 0 Å². The maximum absolute atomic E-state index is 12.0. The van der Waals surface area contributed by atoms with Crippen molar-refractivity contribution in [1.82, 2.24) is 4.98 Å². The van der Waals surface area contributed by atoms with Crippen molar-refractivity contribution in [1.29, 1.82) is 0 Å². The molecule has 1 N–H and O–H groups in total. The minimum Gasteiger partial charge on any atom is -1.00 e. The second kappa shape index (κ2) is 7.22. The fourth-order valence-corrected chi connectivity index (χ4v) is 3.13. The molecule has 2 aromatic carbocycles. The number of hydrogen-bond acceptors (Lipinski definition) is 4. The lowest BCUT2D eigenvalue weighted by molar-refractivity contribution is -0.0000117. The first-order chi connectivity index (χ1) is 10.1. The number of ketones is 1. The minimum atomic E-state index is 0. The summed E-state index contributed by atoms with van der Waals surface area (Å²) in [6, 6.07) is 13.1. The molecule has 0 atom stereocenters. The van der Waals surface area contributed by atoms with E-state index in [1.807, 2.05) is 49.4 Å². The van der Waals surface area contributed by atoms with Crippen LogP contribution in [0.15, 0.2) is 42.5 Å². The number of benzene rings is 2. The molecule has 0 aliphatic rings. The predicted octanol–water partition coefficient (Wildman–Crippen LogP) is 1.56. The van der Waals surface area contributed by atoms with Crippen molar-refractivity contribution in [3.8, 4) is 0 Å². The first kappa shape index (κ1) is 16.9. The monoisotopic (exact) mass is 395 g/mol. The van der Waals surface area contributed by atoms with Crippen molar-refractivity contribution in [2.24, 2.45) is 0 Å². The maximum Gasteiger partial charge on any atom is 0.184 e. The van der Waals surface area contributed by atoms with E-state index >= 15 is 0 Å². The Bertz CT molecular complexity index is 805. The second-order valence-electron chi connectivity index (χ2n) is 4.68. The molecule has 22 heavy (non-hydrogen) atoms. The van der Waals surface area contributed by atoms with Crippen LogP contribution in [0.4, 0.5) is 5.13 Å². The third-order valence-electron chi connectivity index (χ3n) is 3.24. The maximum atomic E-state index is 12.0. The van der Waals surface area contributed by atoms with E-state index in [1.54, 1.807) is 0 Å². The topological polar surface area (TPSA) is 42.0 Å². The van der Waals surface area contributed by atoms with Gasteiger partial charge in [0.1, 0.15) is 0 Å². The molecule has 0 radical (unpaired) electrons. The molecule has 0 spiro atoms. The highest BCUT2D eigenvalue weighted by Crippen LogP contribution is 2.31. The Labute approximate surface area is 148 Å². The van der Waals surface area contributed by atoms with Crippen LogP contribution in [0.3, 0.4) is 0 Å². The highest BCUT2D eigenvalue weighted by Gasteiger charge is 2.10. The predicted molar refractivity (Wildman–Crippen MR) is 88.6 cm³/mol. The van der Waals surface area contributed by atoms with Crippen LogP contribution in [0.25, 0.3) is 10.2 Å². The molecule has 0 aliphatic heterocycles. The Morgan fingerprint density at radius 2 is 1.95 bits per heavy atom. The summed E-state index contributed by atoms with van der Waals surface area (Å²) in [7, 11) is 0. The number of rotatable bonds is 4. The van der Waals surface area contributed by atoms with E-state index in [0.717, 1.165) is 20.9 Å². The molecule has 3 nitrogen and oxygen atoms in total. The van der Waals surface area contributed by atoms with Crippen molar-refractivity contribution in [3.05, 3.63) is 58.6 Å². The molecule has 0 aliphatic carbocycles. The number of nitrogens with zero attached hydrogens (tertiary/aromatic N) is 1. The van der Waals surface area contributed by atoms with Gasteiger partial charge in [-0.15, -0.1) is 0 Å². The molecule has 0 fully saturated rings. The number of hydrogen-bond donors (Lipinski definition) is 1. The summed E-state index contributed by atoms with van der Waals surface area (Å²) >= 11 is 7.62. The van der Waals surface area contributed by atoms with Crippen molar-refractivity contribution in [2.75, 3.05) is 11.9 Å². The largest absolute Gasteiger partial charge is 1.00 e. The average Bonchev–Trinajstić information content (AvgIpc) is 2.93. The van der Waals surface area contributed by atoms with Crippen LogP contribution >= 0.6 is 22.9 Å². The van der Waals surface area contributed by atoms with Gasteiger partial charge in [-0.1, -0.05) is 53.3 Å². The Balaban J connectivity index is 0.00000176. The van der Waals surface area contributed by atoms with Crippen LogP contribution < -0.4 is 22.3 Å². The van der Waals surface area contributed by atoms with Crippen LogP contribution in [-0.4, -0.2) is 17.3 Å². The Morgan fingerprint density at radius 3 is 2.68 bits per heavy atom. The SMILES string of the molecule is Cc1c(Cl)ccc2sc(NCC(=O)c3ccccc3)nc12.[Br-]. The van der Waals surface area contributed by atoms with E-state index in [2.05, 4.69) is 10.3 Å². The molecule has 0 saturated carbocycles. The highest BCUT2D eigenvalue weighted by atomic mass is 79.9. The zero-order valence-corrected chi connectivity index (χ0v) is 14.9. The Kier molecular flexibility index (Phi) is 5.56. The number of aryl methyl sites for hydroxylation is 1. The first-order valence-corrected chi connectivity index (χ1v) is 7.72. The lowest BCUT2D eigenvalue weighted by Gasteiger charge is -2.01. The van der Waals surface area contributed by atoms with Gasteiger partial charge in [0.15, 0.2) is 10.9 Å². The lowest BCUT2D eigenvalue weighted by Crippen LogP contribution is -3.00. The zero-order chi connectivity index (χ0) is 14.8. The highest BCUT2D eigenvalue weighted by molar-refractivity contribution is 7.22. The molecule has 0 saturated heterocycles. The fraction of sp³-hybridized carbons (Fsp3) is 0.125. The van der Waals surface area contributed by atoms with Crippen molar-refractivity contribution in [2.45, 2.75) is 6.92 Å². The number of thiazole rings is 1. The molecule has 0 unspecified atom stereocenters. The van der Waals surface area contributed by atoms with Crippen molar-refractivity contribution >= 4 is 44.1 Å². The number of Topliss-reactive ketones (excluding diaryl/α,β-unsaturated/α-hetero) is 1. The molecule has 6 heteroatoms. The number of anilines is 1. The molecule has 0 amide bonds. The first-order valence-electron chi connectivity index (χ1n) is 6.53. The average molecular weight is 397 g/mol. The van der Waals surface area contributed by atoms with E-state index in [9.17, 15) is 4.79 Å². The van der Waals surface area contributed by atoms with Gasteiger partial charge in [-0.2, -0.15) is 0 Å². The van der Waals surface area contributed by atoms with Gasteiger partial charge < -0.3 is 22.3 Å². The quantitative estimate of drug-likeness (QED) is 0.681. The third-order valence-corrected chi connectivity index (χ3v) is 4.63. The number of aromatic nitrogens is 1. The van der Waals surface area contributed by atoms with Gasteiger partial charge in [-0.3, -0.25) is 4.79 Å². The molecule has 114 valence electrons. The van der Waals surface area contributed by atoms with E-state index < -0.39 is 0 Å². The van der Waals surface area contributed by atoms with Gasteiger partial charge in [0.2, 0.25) is 0 Å². The van der Waals surface area contributed by atoms with E-state index in [0.29, 0.717) is 10.6 Å². The molecule has 3 rings (SSSR count). The van der Waals surface area contributed by atoms with Crippen molar-refractivity contribution in [3.63, 3.8) is 0 Å². The third kappa shape index (κ3) is 3.48.